The van der Waals surface area contributed by atoms with Crippen molar-refractivity contribution < 1.29 is 39.9 Å². The van der Waals surface area contributed by atoms with Crippen LogP contribution in [0.1, 0.15) is 36.5 Å². The summed E-state index contributed by atoms with van der Waals surface area (Å²) in [4.78, 5) is 42.5. The lowest BCUT2D eigenvalue weighted by molar-refractivity contribution is -0.169. The average Bonchev–Trinajstić information content (AvgIpc) is 2.80. The molecule has 204 valence electrons. The second-order valence-corrected chi connectivity index (χ2v) is 10.8. The van der Waals surface area contributed by atoms with Crippen molar-refractivity contribution in [3.8, 4) is 5.75 Å². The van der Waals surface area contributed by atoms with E-state index in [1.165, 1.54) is 19.0 Å². The summed E-state index contributed by atoms with van der Waals surface area (Å²) in [6.07, 6.45) is -1.65. The SMILES string of the molecule is C=C(C)c1cc(N(C)C)c2c(c1O)C(O)=C1C(=O)[C@]3(O)C(O)=C(C(N)=O)C(=O)[C@@H](N(C)C)[C@@H]3[C@@H](O)[C@@H]1[C@H]2C. The van der Waals surface area contributed by atoms with Gasteiger partial charge in [-0.1, -0.05) is 13.5 Å². The molecule has 0 aliphatic heterocycles. The molecular formula is C27H33N3O8. The zero-order valence-corrected chi connectivity index (χ0v) is 22.1. The van der Waals surface area contributed by atoms with Crippen molar-refractivity contribution >= 4 is 34.5 Å². The normalized spacial score (nSPS) is 30.7. The number of phenolic OH excluding ortho intramolecular Hbond substituents is 1. The molecule has 0 aromatic heterocycles. The van der Waals surface area contributed by atoms with Crippen LogP contribution >= 0.6 is 0 Å². The van der Waals surface area contributed by atoms with Gasteiger partial charge in [-0.2, -0.15) is 0 Å². The molecule has 11 heteroatoms. The number of fused-ring (bicyclic) bond motifs is 3. The number of ketones is 2. The summed E-state index contributed by atoms with van der Waals surface area (Å²) < 4.78 is 0. The van der Waals surface area contributed by atoms with Crippen molar-refractivity contribution in [2.24, 2.45) is 17.6 Å². The Morgan fingerprint density at radius 2 is 1.71 bits per heavy atom. The van der Waals surface area contributed by atoms with Crippen molar-refractivity contribution in [3.05, 3.63) is 46.2 Å². The molecule has 0 spiro atoms. The van der Waals surface area contributed by atoms with Gasteiger partial charge in [0.2, 0.25) is 5.78 Å². The highest BCUT2D eigenvalue weighted by molar-refractivity contribution is 6.24. The Bertz CT molecular complexity index is 1370. The molecule has 0 radical (unpaired) electrons. The minimum absolute atomic E-state index is 0.0646. The molecule has 0 saturated heterocycles. The summed E-state index contributed by atoms with van der Waals surface area (Å²) >= 11 is 0. The van der Waals surface area contributed by atoms with Crippen LogP contribution in [0.3, 0.4) is 0 Å². The number of Topliss-reactive ketones (excluding diaryl/α,β-unsaturated/α-hetero) is 2. The molecule has 38 heavy (non-hydrogen) atoms. The van der Waals surface area contributed by atoms with Crippen LogP contribution in [0.25, 0.3) is 11.3 Å². The van der Waals surface area contributed by atoms with E-state index in [4.69, 9.17) is 5.73 Å². The maximum atomic E-state index is 14.1. The molecule has 1 amide bonds. The smallest absolute Gasteiger partial charge is 0.255 e. The molecule has 1 fully saturated rings. The van der Waals surface area contributed by atoms with Crippen LogP contribution in [0.2, 0.25) is 0 Å². The second kappa shape index (κ2) is 8.69. The maximum Gasteiger partial charge on any atom is 0.255 e. The van der Waals surface area contributed by atoms with E-state index in [0.717, 1.165) is 0 Å². The van der Waals surface area contributed by atoms with E-state index in [9.17, 15) is 39.9 Å². The van der Waals surface area contributed by atoms with Crippen molar-refractivity contribution in [2.45, 2.75) is 37.5 Å². The van der Waals surface area contributed by atoms with Crippen LogP contribution in [-0.4, -0.2) is 93.8 Å². The first kappa shape index (κ1) is 27.4. The molecule has 6 atom stereocenters. The van der Waals surface area contributed by atoms with E-state index in [-0.39, 0.29) is 11.3 Å². The fourth-order valence-electron chi connectivity index (χ4n) is 6.44. The largest absolute Gasteiger partial charge is 0.508 e. The van der Waals surface area contributed by atoms with Gasteiger partial charge in [0.25, 0.3) is 5.91 Å². The van der Waals surface area contributed by atoms with E-state index in [1.807, 2.05) is 0 Å². The van der Waals surface area contributed by atoms with Gasteiger partial charge >= 0.3 is 0 Å². The minimum atomic E-state index is -2.95. The molecule has 11 nitrogen and oxygen atoms in total. The highest BCUT2D eigenvalue weighted by atomic mass is 16.4. The summed E-state index contributed by atoms with van der Waals surface area (Å²) in [6, 6.07) is 0.293. The quantitative estimate of drug-likeness (QED) is 0.303. The van der Waals surface area contributed by atoms with Gasteiger partial charge in [0.15, 0.2) is 11.4 Å². The number of nitrogens with zero attached hydrogens (tertiary/aromatic N) is 2. The number of phenols is 1. The Balaban J connectivity index is 2.13. The van der Waals surface area contributed by atoms with Gasteiger partial charge in [-0.3, -0.25) is 19.3 Å². The standard InChI is InChI=1S/C27H33N3O8/c1-9(2)11-8-12(29(4)5)13-10(3)14-16(21(32)15(13)20(11)31)24(35)27(38)18(22(14)33)19(30(6)7)23(34)17(25(27)36)26(28)37/h8,10,14,18-19,22,31-33,36,38H,1H2,2-7H3,(H2,28,37)/t10-,14+,18+,19-,22-,27-/m0/s1. The van der Waals surface area contributed by atoms with Gasteiger partial charge in [-0.15, -0.1) is 0 Å². The van der Waals surface area contributed by atoms with E-state index < -0.39 is 75.6 Å². The van der Waals surface area contributed by atoms with Gasteiger partial charge in [0, 0.05) is 36.8 Å². The Morgan fingerprint density at radius 1 is 1.13 bits per heavy atom. The summed E-state index contributed by atoms with van der Waals surface area (Å²) in [5.74, 6) is -9.23. The number of carbonyl (C=O) groups excluding carboxylic acids is 3. The first-order valence-corrected chi connectivity index (χ1v) is 12.1. The number of aliphatic hydroxyl groups is 4. The van der Waals surface area contributed by atoms with Crippen LogP contribution in [0, 0.1) is 11.8 Å². The molecule has 1 aromatic carbocycles. The highest BCUT2D eigenvalue weighted by Crippen LogP contribution is 2.58. The Morgan fingerprint density at radius 3 is 2.18 bits per heavy atom. The van der Waals surface area contributed by atoms with Gasteiger partial charge in [-0.25, -0.2) is 0 Å². The molecule has 1 saturated carbocycles. The number of aliphatic hydroxyl groups excluding tert-OH is 3. The number of allylic oxidation sites excluding steroid dienone is 1. The second-order valence-electron chi connectivity index (χ2n) is 10.8. The molecule has 3 aliphatic rings. The Hall–Kier alpha value is -3.67. The van der Waals surface area contributed by atoms with Gasteiger partial charge in [0.1, 0.15) is 22.8 Å². The molecule has 0 unspecified atom stereocenters. The fourth-order valence-corrected chi connectivity index (χ4v) is 6.44. The van der Waals surface area contributed by atoms with Crippen LogP contribution in [0.4, 0.5) is 5.69 Å². The topological polar surface area (TPSA) is 185 Å². The summed E-state index contributed by atoms with van der Waals surface area (Å²) in [5, 5.41) is 57.2. The number of anilines is 1. The third-order valence-corrected chi connectivity index (χ3v) is 8.14. The maximum absolute atomic E-state index is 14.1. The number of benzene rings is 1. The monoisotopic (exact) mass is 527 g/mol. The summed E-state index contributed by atoms with van der Waals surface area (Å²) in [7, 11) is 6.44. The molecule has 1 aromatic rings. The van der Waals surface area contributed by atoms with E-state index >= 15 is 0 Å². The number of primary amides is 1. The number of hydrogen-bond acceptors (Lipinski definition) is 10. The van der Waals surface area contributed by atoms with Crippen molar-refractivity contribution in [2.75, 3.05) is 33.1 Å². The number of nitrogens with two attached hydrogens (primary N) is 1. The minimum Gasteiger partial charge on any atom is -0.508 e. The summed E-state index contributed by atoms with van der Waals surface area (Å²) in [6.45, 7) is 7.24. The first-order valence-electron chi connectivity index (χ1n) is 12.1. The average molecular weight is 528 g/mol. The van der Waals surface area contributed by atoms with Gasteiger partial charge < -0.3 is 36.2 Å². The zero-order chi connectivity index (χ0) is 28.8. The lowest BCUT2D eigenvalue weighted by atomic mass is 9.54. The number of rotatable bonds is 4. The first-order chi connectivity index (χ1) is 17.5. The predicted octanol–water partition coefficient (Wildman–Crippen LogP) is 0.595. The Kier molecular flexibility index (Phi) is 6.26. The number of likely N-dealkylation sites (N-methyl/N-ethyl adjacent to an activating group) is 1. The summed E-state index contributed by atoms with van der Waals surface area (Å²) in [5.41, 5.74) is 2.79. The predicted molar refractivity (Wildman–Crippen MR) is 139 cm³/mol. The number of carbonyl (C=O) groups is 3. The van der Waals surface area contributed by atoms with Crippen LogP contribution in [0.15, 0.2) is 29.6 Å². The number of amides is 1. The molecule has 4 rings (SSSR count). The Labute approximate surface area is 219 Å². The van der Waals surface area contributed by atoms with Crippen LogP contribution in [0.5, 0.6) is 5.75 Å². The van der Waals surface area contributed by atoms with Crippen LogP contribution in [-0.2, 0) is 14.4 Å². The molecular weight excluding hydrogens is 494 g/mol. The van der Waals surface area contributed by atoms with Crippen molar-refractivity contribution in [3.63, 3.8) is 0 Å². The van der Waals surface area contributed by atoms with Crippen molar-refractivity contribution in [1.29, 1.82) is 0 Å². The van der Waals surface area contributed by atoms with Crippen molar-refractivity contribution in [1.82, 2.24) is 4.90 Å². The van der Waals surface area contributed by atoms with Gasteiger partial charge in [0.05, 0.1) is 23.6 Å². The fraction of sp³-hybridized carbons (Fsp3) is 0.444. The van der Waals surface area contributed by atoms with E-state index in [0.29, 0.717) is 22.4 Å². The number of hydrogen-bond donors (Lipinski definition) is 6. The third-order valence-electron chi connectivity index (χ3n) is 8.14. The molecule has 3 aliphatic carbocycles. The molecule has 0 heterocycles. The highest BCUT2D eigenvalue weighted by Gasteiger charge is 2.68. The molecule has 0 bridgehead atoms. The number of aromatic hydroxyl groups is 1. The van der Waals surface area contributed by atoms with E-state index in [2.05, 4.69) is 6.58 Å². The zero-order valence-electron chi connectivity index (χ0n) is 22.1. The molecule has 7 N–H and O–H groups in total. The van der Waals surface area contributed by atoms with Crippen LogP contribution < -0.4 is 10.6 Å². The van der Waals surface area contributed by atoms with Gasteiger partial charge in [-0.05, 0) is 44.1 Å². The third kappa shape index (κ3) is 3.28. The lowest BCUT2D eigenvalue weighted by Gasteiger charge is -2.54. The van der Waals surface area contributed by atoms with E-state index in [1.54, 1.807) is 38.9 Å². The lowest BCUT2D eigenvalue weighted by Crippen LogP contribution is -2.70.